The van der Waals surface area contributed by atoms with Crippen molar-refractivity contribution in [3.8, 4) is 0 Å². The fourth-order valence-electron chi connectivity index (χ4n) is 3.04. The largest absolute Gasteiger partial charge is 0.466 e. The lowest BCUT2D eigenvalue weighted by Gasteiger charge is -2.30. The van der Waals surface area contributed by atoms with Gasteiger partial charge in [-0.3, -0.25) is 24.5 Å². The molecule has 1 saturated heterocycles. The van der Waals surface area contributed by atoms with E-state index in [1.807, 2.05) is 6.92 Å². The number of rotatable bonds is 5. The van der Waals surface area contributed by atoms with Crippen molar-refractivity contribution in [3.05, 3.63) is 34.5 Å². The van der Waals surface area contributed by atoms with Crippen LogP contribution in [0.3, 0.4) is 0 Å². The van der Waals surface area contributed by atoms with Gasteiger partial charge in [0.15, 0.2) is 0 Å². The van der Waals surface area contributed by atoms with Crippen LogP contribution in [0.2, 0.25) is 0 Å². The lowest BCUT2D eigenvalue weighted by molar-refractivity contribution is -0.384. The highest BCUT2D eigenvalue weighted by Crippen LogP contribution is 2.23. The van der Waals surface area contributed by atoms with Crippen molar-refractivity contribution in [2.75, 3.05) is 19.7 Å². The Bertz CT molecular complexity index is 750. The SMILES string of the molecule is CCOC(=O)C1CCN(Cn2ncc3ccc([N+](=O)[O-])cc32)CC1. The van der Waals surface area contributed by atoms with Crippen molar-refractivity contribution in [3.63, 3.8) is 0 Å². The fraction of sp³-hybridized carbons (Fsp3) is 0.500. The highest BCUT2D eigenvalue weighted by Gasteiger charge is 2.26. The smallest absolute Gasteiger partial charge is 0.309 e. The molecule has 3 rings (SSSR count). The zero-order valence-corrected chi connectivity index (χ0v) is 13.6. The second-order valence-electron chi connectivity index (χ2n) is 5.93. The molecule has 0 aliphatic carbocycles. The third-order valence-corrected chi connectivity index (χ3v) is 4.38. The summed E-state index contributed by atoms with van der Waals surface area (Å²) in [6.45, 7) is 4.34. The van der Waals surface area contributed by atoms with Gasteiger partial charge in [-0.05, 0) is 25.8 Å². The van der Waals surface area contributed by atoms with Crippen molar-refractivity contribution in [2.45, 2.75) is 26.4 Å². The number of nitrogens with zero attached hydrogens (tertiary/aromatic N) is 4. The van der Waals surface area contributed by atoms with Gasteiger partial charge in [0.2, 0.25) is 0 Å². The molecular weight excluding hydrogens is 312 g/mol. The Morgan fingerprint density at radius 2 is 2.17 bits per heavy atom. The summed E-state index contributed by atoms with van der Waals surface area (Å²) in [5, 5.41) is 16.2. The van der Waals surface area contributed by atoms with Crippen molar-refractivity contribution in [2.24, 2.45) is 5.92 Å². The Balaban J connectivity index is 1.67. The summed E-state index contributed by atoms with van der Waals surface area (Å²) >= 11 is 0. The predicted octanol–water partition coefficient (Wildman–Crippen LogP) is 2.18. The molecule has 0 saturated carbocycles. The Morgan fingerprint density at radius 3 is 2.83 bits per heavy atom. The van der Waals surface area contributed by atoms with E-state index in [9.17, 15) is 14.9 Å². The van der Waals surface area contributed by atoms with Gasteiger partial charge in [-0.1, -0.05) is 0 Å². The predicted molar refractivity (Wildman–Crippen MR) is 87.3 cm³/mol. The summed E-state index contributed by atoms with van der Waals surface area (Å²) in [6, 6.07) is 4.75. The third-order valence-electron chi connectivity index (χ3n) is 4.38. The van der Waals surface area contributed by atoms with Gasteiger partial charge in [-0.2, -0.15) is 5.10 Å². The monoisotopic (exact) mass is 332 g/mol. The maximum absolute atomic E-state index is 11.8. The molecule has 8 nitrogen and oxygen atoms in total. The van der Waals surface area contributed by atoms with Gasteiger partial charge in [0.1, 0.15) is 0 Å². The van der Waals surface area contributed by atoms with E-state index in [2.05, 4.69) is 10.00 Å². The number of aromatic nitrogens is 2. The Hall–Kier alpha value is -2.48. The zero-order chi connectivity index (χ0) is 17.1. The van der Waals surface area contributed by atoms with Crippen LogP contribution in [-0.2, 0) is 16.2 Å². The van der Waals surface area contributed by atoms with Gasteiger partial charge in [0.05, 0.1) is 35.8 Å². The Morgan fingerprint density at radius 1 is 1.42 bits per heavy atom. The van der Waals surface area contributed by atoms with Crippen LogP contribution in [0.25, 0.3) is 10.9 Å². The van der Waals surface area contributed by atoms with Crippen LogP contribution in [0, 0.1) is 16.0 Å². The van der Waals surface area contributed by atoms with Crippen LogP contribution in [0.4, 0.5) is 5.69 Å². The zero-order valence-electron chi connectivity index (χ0n) is 13.6. The van der Waals surface area contributed by atoms with Crippen LogP contribution in [0.5, 0.6) is 0 Å². The number of likely N-dealkylation sites (tertiary alicyclic amines) is 1. The first-order valence-electron chi connectivity index (χ1n) is 8.07. The molecule has 0 atom stereocenters. The minimum absolute atomic E-state index is 0.0309. The van der Waals surface area contributed by atoms with Crippen LogP contribution in [0.15, 0.2) is 24.4 Å². The highest BCUT2D eigenvalue weighted by molar-refractivity contribution is 5.80. The third kappa shape index (κ3) is 3.38. The molecule has 1 fully saturated rings. The molecule has 1 aliphatic rings. The lowest BCUT2D eigenvalue weighted by Crippen LogP contribution is -2.38. The summed E-state index contributed by atoms with van der Waals surface area (Å²) in [7, 11) is 0. The van der Waals surface area contributed by atoms with Gasteiger partial charge in [0, 0.05) is 30.6 Å². The average Bonchev–Trinajstić information content (AvgIpc) is 2.98. The first-order valence-corrected chi connectivity index (χ1v) is 8.07. The molecule has 2 aromatic rings. The van der Waals surface area contributed by atoms with Gasteiger partial charge in [-0.25, -0.2) is 0 Å². The first kappa shape index (κ1) is 16.4. The number of ether oxygens (including phenoxy) is 1. The van der Waals surface area contributed by atoms with Crippen molar-refractivity contribution < 1.29 is 14.5 Å². The van der Waals surface area contributed by atoms with E-state index in [0.29, 0.717) is 13.3 Å². The number of nitro groups is 1. The first-order chi connectivity index (χ1) is 11.6. The molecule has 0 spiro atoms. The molecule has 0 radical (unpaired) electrons. The molecule has 0 amide bonds. The van der Waals surface area contributed by atoms with Gasteiger partial charge in [0.25, 0.3) is 5.69 Å². The summed E-state index contributed by atoms with van der Waals surface area (Å²) < 4.78 is 6.85. The maximum Gasteiger partial charge on any atom is 0.309 e. The van der Waals surface area contributed by atoms with E-state index in [4.69, 9.17) is 4.74 Å². The summed E-state index contributed by atoms with van der Waals surface area (Å²) in [5.74, 6) is -0.144. The molecule has 1 aromatic heterocycles. The van der Waals surface area contributed by atoms with E-state index in [0.717, 1.165) is 36.8 Å². The number of hydrogen-bond acceptors (Lipinski definition) is 6. The second-order valence-corrected chi connectivity index (χ2v) is 5.93. The van der Waals surface area contributed by atoms with E-state index >= 15 is 0 Å². The van der Waals surface area contributed by atoms with Gasteiger partial charge >= 0.3 is 5.97 Å². The molecule has 1 aromatic carbocycles. The normalized spacial score (nSPS) is 16.4. The lowest BCUT2D eigenvalue weighted by atomic mass is 9.97. The van der Waals surface area contributed by atoms with Crippen LogP contribution in [-0.4, -0.2) is 45.3 Å². The molecule has 0 N–H and O–H groups in total. The molecule has 0 unspecified atom stereocenters. The van der Waals surface area contributed by atoms with E-state index in [-0.39, 0.29) is 17.6 Å². The van der Waals surface area contributed by atoms with Crippen molar-refractivity contribution >= 4 is 22.6 Å². The molecule has 0 bridgehead atoms. The highest BCUT2D eigenvalue weighted by atomic mass is 16.6. The quantitative estimate of drug-likeness (QED) is 0.473. The van der Waals surface area contributed by atoms with Gasteiger partial charge in [-0.15, -0.1) is 0 Å². The van der Waals surface area contributed by atoms with Crippen molar-refractivity contribution in [1.82, 2.24) is 14.7 Å². The average molecular weight is 332 g/mol. The number of esters is 1. The molecule has 8 heteroatoms. The second kappa shape index (κ2) is 6.96. The fourth-order valence-corrected chi connectivity index (χ4v) is 3.04. The summed E-state index contributed by atoms with van der Waals surface area (Å²) in [6.07, 6.45) is 3.24. The van der Waals surface area contributed by atoms with Crippen LogP contribution in [0.1, 0.15) is 19.8 Å². The number of non-ortho nitro benzene ring substituents is 1. The van der Waals surface area contributed by atoms with E-state index < -0.39 is 4.92 Å². The minimum Gasteiger partial charge on any atom is -0.466 e. The topological polar surface area (TPSA) is 90.5 Å². The van der Waals surface area contributed by atoms with E-state index in [1.54, 1.807) is 23.0 Å². The molecule has 1 aliphatic heterocycles. The number of carbonyl (C=O) groups is 1. The molecule has 2 heterocycles. The molecule has 128 valence electrons. The maximum atomic E-state index is 11.8. The number of carbonyl (C=O) groups excluding carboxylic acids is 1. The minimum atomic E-state index is -0.401. The molecule has 24 heavy (non-hydrogen) atoms. The summed E-state index contributed by atoms with van der Waals surface area (Å²) in [5.41, 5.74) is 0.807. The number of benzene rings is 1. The number of piperidine rings is 1. The molecular formula is C16H20N4O4. The van der Waals surface area contributed by atoms with Crippen LogP contribution >= 0.6 is 0 Å². The van der Waals surface area contributed by atoms with E-state index in [1.165, 1.54) is 6.07 Å². The Labute approximate surface area is 139 Å². The van der Waals surface area contributed by atoms with Crippen molar-refractivity contribution in [1.29, 1.82) is 0 Å². The Kier molecular flexibility index (Phi) is 4.75. The number of fused-ring (bicyclic) bond motifs is 1. The van der Waals surface area contributed by atoms with Gasteiger partial charge < -0.3 is 4.74 Å². The number of hydrogen-bond donors (Lipinski definition) is 0. The summed E-state index contributed by atoms with van der Waals surface area (Å²) in [4.78, 5) is 24.5. The van der Waals surface area contributed by atoms with Crippen LogP contribution < -0.4 is 0 Å². The number of nitro benzene ring substituents is 1. The standard InChI is InChI=1S/C16H20N4O4/c1-2-24-16(21)12-5-7-18(8-6-12)11-19-15-9-14(20(22)23)4-3-13(15)10-17-19/h3-4,9-10,12H,2,5-8,11H2,1H3.